The first kappa shape index (κ1) is 8.25. The van der Waals surface area contributed by atoms with Gasteiger partial charge in [0.05, 0.1) is 11.3 Å². The normalized spacial score (nSPS) is 14.3. The fourth-order valence-corrected chi connectivity index (χ4v) is 1.38. The highest BCUT2D eigenvalue weighted by molar-refractivity contribution is 5.32. The number of anilines is 1. The van der Waals surface area contributed by atoms with E-state index in [1.54, 1.807) is 4.90 Å². The minimum absolute atomic E-state index is 0.0290. The minimum Gasteiger partial charge on any atom is -0.348 e. The van der Waals surface area contributed by atoms with E-state index in [2.05, 4.69) is 15.3 Å². The summed E-state index contributed by atoms with van der Waals surface area (Å²) in [4.78, 5) is 20.3. The van der Waals surface area contributed by atoms with E-state index in [1.807, 2.05) is 14.1 Å². The molecule has 1 aromatic rings. The summed E-state index contributed by atoms with van der Waals surface area (Å²) in [5.74, 6) is 0.618. The second-order valence-electron chi connectivity index (χ2n) is 3.31. The third kappa shape index (κ3) is 1.31. The van der Waals surface area contributed by atoms with Gasteiger partial charge in [0, 0.05) is 27.2 Å². The first-order valence-electron chi connectivity index (χ1n) is 4.18. The molecule has 0 radical (unpaired) electrons. The molecule has 0 aliphatic carbocycles. The summed E-state index contributed by atoms with van der Waals surface area (Å²) in [6.07, 6.45) is 0. The molecule has 5 nitrogen and oxygen atoms in total. The lowest BCUT2D eigenvalue weighted by molar-refractivity contribution is 0.756. The standard InChI is InChI=1S/C8H12N4O/c1-12(2)8-10-6-4-9-3-5(6)7(13)11-8/h9H,3-4H2,1-2H3,(H,10,11,13). The van der Waals surface area contributed by atoms with Crippen molar-refractivity contribution in [3.63, 3.8) is 0 Å². The zero-order valence-corrected chi connectivity index (χ0v) is 7.72. The molecule has 0 amide bonds. The molecule has 2 N–H and O–H groups in total. The molecule has 70 valence electrons. The predicted molar refractivity (Wildman–Crippen MR) is 49.7 cm³/mol. The van der Waals surface area contributed by atoms with Crippen molar-refractivity contribution in [1.29, 1.82) is 0 Å². The number of nitrogens with zero attached hydrogens (tertiary/aromatic N) is 2. The first-order chi connectivity index (χ1) is 6.18. The highest BCUT2D eigenvalue weighted by Crippen LogP contribution is 2.10. The van der Waals surface area contributed by atoms with E-state index in [4.69, 9.17) is 0 Å². The van der Waals surface area contributed by atoms with Crippen LogP contribution in [0.1, 0.15) is 11.3 Å². The molecule has 2 rings (SSSR count). The van der Waals surface area contributed by atoms with Crippen LogP contribution < -0.4 is 15.8 Å². The maximum Gasteiger partial charge on any atom is 0.257 e. The van der Waals surface area contributed by atoms with Gasteiger partial charge in [-0.25, -0.2) is 4.98 Å². The van der Waals surface area contributed by atoms with Crippen LogP contribution in [0.25, 0.3) is 0 Å². The van der Waals surface area contributed by atoms with Crippen LogP contribution >= 0.6 is 0 Å². The van der Waals surface area contributed by atoms with Crippen LogP contribution in [0.4, 0.5) is 5.95 Å². The first-order valence-corrected chi connectivity index (χ1v) is 4.18. The summed E-state index contributed by atoms with van der Waals surface area (Å²) in [5, 5.41) is 3.09. The Balaban J connectivity index is 2.56. The Morgan fingerprint density at radius 3 is 2.85 bits per heavy atom. The average Bonchev–Trinajstić information content (AvgIpc) is 2.51. The number of hydrogen-bond acceptors (Lipinski definition) is 4. The summed E-state index contributed by atoms with van der Waals surface area (Å²) >= 11 is 0. The van der Waals surface area contributed by atoms with Gasteiger partial charge in [-0.2, -0.15) is 0 Å². The molecule has 0 bridgehead atoms. The molecule has 0 saturated carbocycles. The van der Waals surface area contributed by atoms with E-state index in [-0.39, 0.29) is 5.56 Å². The summed E-state index contributed by atoms with van der Waals surface area (Å²) in [6.45, 7) is 1.32. The third-order valence-electron chi connectivity index (χ3n) is 2.11. The number of nitrogens with one attached hydrogen (secondary N) is 2. The van der Waals surface area contributed by atoms with Gasteiger partial charge in [0.2, 0.25) is 5.95 Å². The molecule has 1 aliphatic heterocycles. The second kappa shape index (κ2) is 2.85. The van der Waals surface area contributed by atoms with Gasteiger partial charge in [-0.15, -0.1) is 0 Å². The summed E-state index contributed by atoms with van der Waals surface area (Å²) in [5.41, 5.74) is 1.61. The molecule has 0 spiro atoms. The molecule has 13 heavy (non-hydrogen) atoms. The van der Waals surface area contributed by atoms with Crippen LogP contribution in [0.2, 0.25) is 0 Å². The summed E-state index contributed by atoms with van der Waals surface area (Å²) in [7, 11) is 3.71. The van der Waals surface area contributed by atoms with Crippen LogP contribution in [-0.2, 0) is 13.1 Å². The fraction of sp³-hybridized carbons (Fsp3) is 0.500. The van der Waals surface area contributed by atoms with Crippen LogP contribution in [0, 0.1) is 0 Å². The molecular formula is C8H12N4O. The molecule has 0 unspecified atom stereocenters. The van der Waals surface area contributed by atoms with Crippen molar-refractivity contribution in [3.05, 3.63) is 21.6 Å². The van der Waals surface area contributed by atoms with E-state index < -0.39 is 0 Å². The SMILES string of the molecule is CN(C)c1nc2c(c(=O)[nH]1)CNC2. The molecular weight excluding hydrogens is 168 g/mol. The fourth-order valence-electron chi connectivity index (χ4n) is 1.38. The number of fused-ring (bicyclic) bond motifs is 1. The average molecular weight is 180 g/mol. The quantitative estimate of drug-likeness (QED) is 0.608. The largest absolute Gasteiger partial charge is 0.348 e. The Morgan fingerprint density at radius 1 is 1.38 bits per heavy atom. The van der Waals surface area contributed by atoms with Crippen LogP contribution in [-0.4, -0.2) is 24.1 Å². The van der Waals surface area contributed by atoms with Gasteiger partial charge in [0.1, 0.15) is 0 Å². The summed E-state index contributed by atoms with van der Waals surface area (Å²) < 4.78 is 0. The Labute approximate surface area is 75.8 Å². The Hall–Kier alpha value is -1.36. The van der Waals surface area contributed by atoms with E-state index in [0.29, 0.717) is 19.0 Å². The molecule has 0 fully saturated rings. The van der Waals surface area contributed by atoms with Crippen LogP contribution in [0.15, 0.2) is 4.79 Å². The number of aromatic nitrogens is 2. The van der Waals surface area contributed by atoms with Gasteiger partial charge in [-0.3, -0.25) is 9.78 Å². The highest BCUT2D eigenvalue weighted by Gasteiger charge is 2.16. The van der Waals surface area contributed by atoms with Gasteiger partial charge in [0.15, 0.2) is 0 Å². The van der Waals surface area contributed by atoms with Crippen molar-refractivity contribution in [2.75, 3.05) is 19.0 Å². The maximum absolute atomic E-state index is 11.5. The topological polar surface area (TPSA) is 61.0 Å². The van der Waals surface area contributed by atoms with Gasteiger partial charge < -0.3 is 10.2 Å². The smallest absolute Gasteiger partial charge is 0.257 e. The third-order valence-corrected chi connectivity index (χ3v) is 2.11. The van der Waals surface area contributed by atoms with Gasteiger partial charge in [-0.05, 0) is 0 Å². The molecule has 0 atom stereocenters. The Kier molecular flexibility index (Phi) is 1.81. The molecule has 1 aliphatic rings. The van der Waals surface area contributed by atoms with E-state index in [1.165, 1.54) is 0 Å². The zero-order chi connectivity index (χ0) is 9.42. The van der Waals surface area contributed by atoms with Crippen molar-refractivity contribution < 1.29 is 0 Å². The van der Waals surface area contributed by atoms with E-state index >= 15 is 0 Å². The summed E-state index contributed by atoms with van der Waals surface area (Å²) in [6, 6.07) is 0. The molecule has 2 heterocycles. The van der Waals surface area contributed by atoms with Crippen molar-refractivity contribution in [2.24, 2.45) is 0 Å². The highest BCUT2D eigenvalue weighted by atomic mass is 16.1. The van der Waals surface area contributed by atoms with Gasteiger partial charge >= 0.3 is 0 Å². The van der Waals surface area contributed by atoms with Crippen molar-refractivity contribution in [3.8, 4) is 0 Å². The van der Waals surface area contributed by atoms with Crippen molar-refractivity contribution in [1.82, 2.24) is 15.3 Å². The monoisotopic (exact) mass is 180 g/mol. The number of hydrogen-bond donors (Lipinski definition) is 2. The number of rotatable bonds is 1. The lowest BCUT2D eigenvalue weighted by Gasteiger charge is -2.10. The van der Waals surface area contributed by atoms with Crippen molar-refractivity contribution in [2.45, 2.75) is 13.1 Å². The number of aromatic amines is 1. The lowest BCUT2D eigenvalue weighted by atomic mass is 10.3. The molecule has 5 heteroatoms. The predicted octanol–water partition coefficient (Wildman–Crippen LogP) is -0.561. The van der Waals surface area contributed by atoms with Crippen molar-refractivity contribution >= 4 is 5.95 Å². The van der Waals surface area contributed by atoms with Gasteiger partial charge in [0.25, 0.3) is 5.56 Å². The van der Waals surface area contributed by atoms with Crippen LogP contribution in [0.3, 0.4) is 0 Å². The minimum atomic E-state index is -0.0290. The maximum atomic E-state index is 11.5. The molecule has 1 aromatic heterocycles. The zero-order valence-electron chi connectivity index (χ0n) is 7.72. The molecule has 0 saturated heterocycles. The molecule has 0 aromatic carbocycles. The Morgan fingerprint density at radius 2 is 2.15 bits per heavy atom. The Bertz CT molecular complexity index is 382. The van der Waals surface area contributed by atoms with Gasteiger partial charge in [-0.1, -0.05) is 0 Å². The van der Waals surface area contributed by atoms with Crippen LogP contribution in [0.5, 0.6) is 0 Å². The van der Waals surface area contributed by atoms with E-state index in [0.717, 1.165) is 11.3 Å². The second-order valence-corrected chi connectivity index (χ2v) is 3.31. The van der Waals surface area contributed by atoms with E-state index in [9.17, 15) is 4.79 Å². The lowest BCUT2D eigenvalue weighted by Crippen LogP contribution is -2.21. The number of H-pyrrole nitrogens is 1.